The molecular formula is C51H91NO6. The zero-order valence-corrected chi connectivity index (χ0v) is 38.7. The number of carbonyl (C=O) groups excluding carboxylic acids is 2. The highest BCUT2D eigenvalue weighted by atomic mass is 16.7. The summed E-state index contributed by atoms with van der Waals surface area (Å²) in [4.78, 5) is 27.0. The van der Waals surface area contributed by atoms with E-state index in [1.807, 2.05) is 6.08 Å². The Bertz CT molecular complexity index is 1120. The third-order valence-electron chi connectivity index (χ3n) is 12.0. The van der Waals surface area contributed by atoms with E-state index < -0.39 is 5.79 Å². The predicted molar refractivity (Wildman–Crippen MR) is 242 cm³/mol. The number of allylic oxidation sites excluding steroid dienone is 1. The first kappa shape index (κ1) is 53.9. The molecule has 0 aromatic rings. The van der Waals surface area contributed by atoms with Crippen LogP contribution >= 0.6 is 0 Å². The number of unbranched alkanes of at least 4 members (excludes halogenated alkanes) is 16. The fourth-order valence-corrected chi connectivity index (χ4v) is 8.02. The molecule has 7 nitrogen and oxygen atoms in total. The molecule has 4 unspecified atom stereocenters. The minimum Gasteiger partial charge on any atom is -0.466 e. The lowest BCUT2D eigenvalue weighted by Crippen LogP contribution is -2.32. The van der Waals surface area contributed by atoms with Crippen molar-refractivity contribution < 1.29 is 28.5 Å². The Balaban J connectivity index is 2.28. The number of nitrogens with zero attached hydrogens (tertiary/aromatic N) is 1. The molecule has 0 aromatic carbocycles. The number of ether oxygens (including phenoxy) is 4. The molecule has 0 radical (unpaired) electrons. The topological polar surface area (TPSA) is 74.3 Å². The van der Waals surface area contributed by atoms with Gasteiger partial charge in [0.05, 0.1) is 25.9 Å². The molecule has 0 spiro atoms. The summed E-state index contributed by atoms with van der Waals surface area (Å²) in [5.41, 5.74) is 8.41. The molecule has 0 aromatic heterocycles. The second kappa shape index (κ2) is 37.9. The standard InChI is InChI=1S/C51H91NO6/c1-7-12-25-32-46(6)38-43-55-49(53)35-28-21-17-15-19-23-30-40-51(57-45-48(58-51)37-42-52(10-4)11-5)41-31-24-20-16-18-22-29-36-50(54)56-44-39-47(33-26-13-8-2)34-27-14-9-3/h33,46-48H,2,7,9-12,14-25,27-32,34-45H2,1,3-6H3. The van der Waals surface area contributed by atoms with Crippen molar-refractivity contribution in [3.05, 3.63) is 29.8 Å². The van der Waals surface area contributed by atoms with Crippen LogP contribution in [0.25, 0.3) is 0 Å². The summed E-state index contributed by atoms with van der Waals surface area (Å²) in [7, 11) is 0. The van der Waals surface area contributed by atoms with Crippen LogP contribution in [0.5, 0.6) is 0 Å². The van der Waals surface area contributed by atoms with Crippen LogP contribution in [0.1, 0.15) is 221 Å². The van der Waals surface area contributed by atoms with Gasteiger partial charge in [-0.15, -0.1) is 0 Å². The van der Waals surface area contributed by atoms with Crippen molar-refractivity contribution in [1.82, 2.24) is 4.90 Å². The quantitative estimate of drug-likeness (QED) is 0.0346. The number of rotatable bonds is 40. The Morgan fingerprint density at radius 3 is 1.76 bits per heavy atom. The van der Waals surface area contributed by atoms with Crippen LogP contribution in [0.2, 0.25) is 0 Å². The second-order valence-corrected chi connectivity index (χ2v) is 17.2. The van der Waals surface area contributed by atoms with Gasteiger partial charge in [0, 0.05) is 32.2 Å². The molecule has 336 valence electrons. The van der Waals surface area contributed by atoms with E-state index in [1.165, 1.54) is 89.9 Å². The molecule has 58 heavy (non-hydrogen) atoms. The molecule has 1 rings (SSSR count). The van der Waals surface area contributed by atoms with Crippen LogP contribution in [0, 0.1) is 11.8 Å². The lowest BCUT2D eigenvalue weighted by Gasteiger charge is -2.29. The van der Waals surface area contributed by atoms with Crippen molar-refractivity contribution in [3.63, 3.8) is 0 Å². The average molecular weight is 814 g/mol. The minimum absolute atomic E-state index is 0.0226. The van der Waals surface area contributed by atoms with Gasteiger partial charge >= 0.3 is 11.9 Å². The highest BCUT2D eigenvalue weighted by Gasteiger charge is 2.40. The predicted octanol–water partition coefficient (Wildman–Crippen LogP) is 13.8. The van der Waals surface area contributed by atoms with Gasteiger partial charge in [0.25, 0.3) is 0 Å². The smallest absolute Gasteiger partial charge is 0.305 e. The normalized spacial score (nSPS) is 17.4. The second-order valence-electron chi connectivity index (χ2n) is 17.2. The van der Waals surface area contributed by atoms with Crippen molar-refractivity contribution in [2.45, 2.75) is 233 Å². The summed E-state index contributed by atoms with van der Waals surface area (Å²) in [5.74, 6) is 0.470. The van der Waals surface area contributed by atoms with Crippen LogP contribution in [0.4, 0.5) is 0 Å². The van der Waals surface area contributed by atoms with Crippen LogP contribution < -0.4 is 0 Å². The zero-order chi connectivity index (χ0) is 42.4. The highest BCUT2D eigenvalue weighted by molar-refractivity contribution is 5.69. The van der Waals surface area contributed by atoms with E-state index in [1.54, 1.807) is 0 Å². The summed E-state index contributed by atoms with van der Waals surface area (Å²) >= 11 is 0. The van der Waals surface area contributed by atoms with E-state index in [0.29, 0.717) is 44.5 Å². The van der Waals surface area contributed by atoms with Crippen molar-refractivity contribution in [2.75, 3.05) is 39.5 Å². The Labute approximate surface area is 358 Å². The van der Waals surface area contributed by atoms with Gasteiger partial charge < -0.3 is 23.8 Å². The van der Waals surface area contributed by atoms with Gasteiger partial charge in [-0.05, 0) is 94.7 Å². The van der Waals surface area contributed by atoms with Gasteiger partial charge in [0.2, 0.25) is 0 Å². The van der Waals surface area contributed by atoms with Gasteiger partial charge in [-0.25, -0.2) is 0 Å². The molecule has 4 atom stereocenters. The van der Waals surface area contributed by atoms with E-state index in [4.69, 9.17) is 18.9 Å². The maximum Gasteiger partial charge on any atom is 0.305 e. The maximum absolute atomic E-state index is 12.3. The summed E-state index contributed by atoms with van der Waals surface area (Å²) in [6.45, 7) is 19.7. The first-order chi connectivity index (χ1) is 28.3. The molecule has 7 heteroatoms. The molecule has 0 bridgehead atoms. The molecule has 1 aliphatic heterocycles. The largest absolute Gasteiger partial charge is 0.466 e. The first-order valence-corrected chi connectivity index (χ1v) is 24.5. The van der Waals surface area contributed by atoms with E-state index in [9.17, 15) is 9.59 Å². The van der Waals surface area contributed by atoms with Crippen LogP contribution in [0.15, 0.2) is 29.8 Å². The zero-order valence-electron chi connectivity index (χ0n) is 38.7. The average Bonchev–Trinajstić information content (AvgIpc) is 3.62. The Morgan fingerprint density at radius 2 is 1.22 bits per heavy atom. The molecule has 0 aliphatic carbocycles. The van der Waals surface area contributed by atoms with Crippen LogP contribution in [0.3, 0.4) is 0 Å². The number of hydrogen-bond donors (Lipinski definition) is 0. The van der Waals surface area contributed by atoms with Crippen LogP contribution in [-0.4, -0.2) is 68.2 Å². The molecule has 0 amide bonds. The van der Waals surface area contributed by atoms with E-state index in [-0.39, 0.29) is 18.0 Å². The monoisotopic (exact) mass is 814 g/mol. The van der Waals surface area contributed by atoms with E-state index in [2.05, 4.69) is 63.3 Å². The van der Waals surface area contributed by atoms with E-state index >= 15 is 0 Å². The van der Waals surface area contributed by atoms with Gasteiger partial charge in [0.1, 0.15) is 0 Å². The summed E-state index contributed by atoms with van der Waals surface area (Å²) < 4.78 is 24.3. The molecular weight excluding hydrogens is 723 g/mol. The van der Waals surface area contributed by atoms with Crippen molar-refractivity contribution in [2.24, 2.45) is 11.8 Å². The Hall–Kier alpha value is -2.10. The summed E-state index contributed by atoms with van der Waals surface area (Å²) in [6, 6.07) is 0. The van der Waals surface area contributed by atoms with Gasteiger partial charge in [-0.1, -0.05) is 155 Å². The van der Waals surface area contributed by atoms with Gasteiger partial charge in [0.15, 0.2) is 5.79 Å². The highest BCUT2D eigenvalue weighted by Crippen LogP contribution is 2.36. The number of esters is 2. The number of hydrogen-bond acceptors (Lipinski definition) is 7. The van der Waals surface area contributed by atoms with Crippen molar-refractivity contribution in [1.29, 1.82) is 0 Å². The molecule has 1 saturated heterocycles. The third-order valence-corrected chi connectivity index (χ3v) is 12.0. The molecule has 1 fully saturated rings. The minimum atomic E-state index is -0.424. The number of carbonyl (C=O) groups is 2. The molecule has 1 aliphatic rings. The van der Waals surface area contributed by atoms with Gasteiger partial charge in [-0.2, -0.15) is 0 Å². The lowest BCUT2D eigenvalue weighted by atomic mass is 9.98. The SMILES string of the molecule is C=C=C=C=CC(CCCCC)CCOC(=O)CCCCCCCCCC1(CCCCCCCCCC(=O)OCCC(C)CCCCC)OCC(CCN(CC)CC)O1. The van der Waals surface area contributed by atoms with Crippen molar-refractivity contribution in [3.8, 4) is 0 Å². The fourth-order valence-electron chi connectivity index (χ4n) is 8.02. The molecule has 0 N–H and O–H groups in total. The first-order valence-electron chi connectivity index (χ1n) is 24.5. The van der Waals surface area contributed by atoms with E-state index in [0.717, 1.165) is 103 Å². The Kier molecular flexibility index (Phi) is 35.2. The molecule has 0 saturated carbocycles. The van der Waals surface area contributed by atoms with Crippen molar-refractivity contribution >= 4 is 11.9 Å². The summed E-state index contributed by atoms with van der Waals surface area (Å²) in [5, 5.41) is 0. The lowest BCUT2D eigenvalue weighted by molar-refractivity contribution is -0.180. The molecule has 1 heterocycles. The van der Waals surface area contributed by atoms with Crippen LogP contribution in [-0.2, 0) is 28.5 Å². The maximum atomic E-state index is 12.3. The summed E-state index contributed by atoms with van der Waals surface area (Å²) in [6.07, 6.45) is 33.7. The Morgan fingerprint density at radius 1 is 0.707 bits per heavy atom. The fraction of sp³-hybridized carbons (Fsp3) is 0.863. The van der Waals surface area contributed by atoms with Gasteiger partial charge in [-0.3, -0.25) is 9.59 Å². The third kappa shape index (κ3) is 30.0.